The van der Waals surface area contributed by atoms with Gasteiger partial charge in [0.25, 0.3) is 5.91 Å². The van der Waals surface area contributed by atoms with Crippen molar-refractivity contribution < 1.29 is 28.2 Å². The van der Waals surface area contributed by atoms with Crippen LogP contribution in [0.2, 0.25) is 0 Å². The van der Waals surface area contributed by atoms with E-state index in [0.29, 0.717) is 33.5 Å². The fourth-order valence-corrected chi connectivity index (χ4v) is 4.75. The van der Waals surface area contributed by atoms with E-state index in [1.165, 1.54) is 6.07 Å². The quantitative estimate of drug-likeness (QED) is 0.121. The molecule has 0 saturated carbocycles. The second kappa shape index (κ2) is 12.2. The first-order valence-electron chi connectivity index (χ1n) is 13.0. The van der Waals surface area contributed by atoms with E-state index in [1.807, 2.05) is 0 Å². The lowest BCUT2D eigenvalue weighted by atomic mass is 10.0. The Balaban J connectivity index is 1.63. The van der Waals surface area contributed by atoms with Gasteiger partial charge in [-0.15, -0.1) is 0 Å². The Labute approximate surface area is 237 Å². The maximum absolute atomic E-state index is 14.2. The fraction of sp³-hybridized carbons (Fsp3) is 0.267. The number of anilines is 1. The molecule has 0 radical (unpaired) electrons. The third-order valence-corrected chi connectivity index (χ3v) is 6.70. The zero-order valence-electron chi connectivity index (χ0n) is 23.0. The van der Waals surface area contributed by atoms with Crippen molar-refractivity contribution in [2.24, 2.45) is 5.73 Å². The summed E-state index contributed by atoms with van der Waals surface area (Å²) in [5.41, 5.74) is 9.42. The van der Waals surface area contributed by atoms with Crippen molar-refractivity contribution in [3.8, 4) is 0 Å². The van der Waals surface area contributed by atoms with Crippen molar-refractivity contribution in [3.05, 3.63) is 99.9 Å². The zero-order valence-corrected chi connectivity index (χ0v) is 23.0. The molecule has 0 unspecified atom stereocenters. The minimum Gasteiger partial charge on any atom is -0.405 e. The van der Waals surface area contributed by atoms with Crippen LogP contribution < -0.4 is 16.4 Å². The number of nitrogen functional groups attached to an aromatic ring is 1. The lowest BCUT2D eigenvalue weighted by Crippen LogP contribution is -2.63. The van der Waals surface area contributed by atoms with E-state index >= 15 is 0 Å². The minimum atomic E-state index is -2.36. The smallest absolute Gasteiger partial charge is 0.383 e. The lowest BCUT2D eigenvalue weighted by molar-refractivity contribution is -0.272. The highest BCUT2D eigenvalue weighted by Crippen LogP contribution is 2.34. The van der Waals surface area contributed by atoms with E-state index < -0.39 is 23.7 Å². The molecule has 1 atom stereocenters. The molecule has 5 N–H and O–H groups in total. The van der Waals surface area contributed by atoms with Crippen LogP contribution in [0.5, 0.6) is 0 Å². The van der Waals surface area contributed by atoms with Gasteiger partial charge in [-0.25, -0.2) is 4.39 Å². The number of rotatable bonds is 11. The highest BCUT2D eigenvalue weighted by molar-refractivity contribution is 6.03. The number of ether oxygens (including phenoxy) is 2. The highest BCUT2D eigenvalue weighted by atomic mass is 19.1. The third kappa shape index (κ3) is 6.04. The largest absolute Gasteiger partial charge is 0.405 e. The first kappa shape index (κ1) is 29.2. The zero-order chi connectivity index (χ0) is 29.7. The molecule has 1 heterocycles. The van der Waals surface area contributed by atoms with E-state index in [-0.39, 0.29) is 37.9 Å². The van der Waals surface area contributed by atoms with Crippen LogP contribution in [-0.4, -0.2) is 41.0 Å². The highest BCUT2D eigenvalue weighted by Gasteiger charge is 2.54. The Bertz CT molecular complexity index is 1510. The van der Waals surface area contributed by atoms with Crippen molar-refractivity contribution in [3.63, 3.8) is 0 Å². The molecular formula is C30H32FN5O5. The number of halogens is 1. The van der Waals surface area contributed by atoms with Gasteiger partial charge in [-0.1, -0.05) is 48.5 Å². The van der Waals surface area contributed by atoms with Crippen LogP contribution in [0.4, 0.5) is 10.1 Å². The summed E-state index contributed by atoms with van der Waals surface area (Å²) in [6, 6.07) is 16.6. The van der Waals surface area contributed by atoms with Crippen LogP contribution in [0.15, 0.2) is 60.7 Å². The van der Waals surface area contributed by atoms with E-state index in [4.69, 9.17) is 20.6 Å². The van der Waals surface area contributed by atoms with Crippen LogP contribution >= 0.6 is 0 Å². The maximum atomic E-state index is 14.2. The van der Waals surface area contributed by atoms with E-state index in [2.05, 4.69) is 10.6 Å². The molecule has 0 aromatic heterocycles. The number of amidine groups is 1. The molecule has 0 bridgehead atoms. The number of nitrogens with zero attached hydrogens (tertiary/aromatic N) is 1. The average molecular weight is 562 g/mol. The summed E-state index contributed by atoms with van der Waals surface area (Å²) in [7, 11) is 0. The number of carbonyl (C=O) groups excluding carboxylic acids is 3. The van der Waals surface area contributed by atoms with Crippen molar-refractivity contribution in [2.45, 2.75) is 46.3 Å². The number of esters is 1. The Morgan fingerprint density at radius 2 is 1.85 bits per heavy atom. The topological polar surface area (TPSA) is 147 Å². The van der Waals surface area contributed by atoms with Gasteiger partial charge in [0.1, 0.15) is 11.7 Å². The molecule has 11 heteroatoms. The fourth-order valence-electron chi connectivity index (χ4n) is 4.75. The molecule has 1 aliphatic rings. The van der Waals surface area contributed by atoms with Crippen molar-refractivity contribution in [2.75, 3.05) is 11.9 Å². The predicted molar refractivity (Wildman–Crippen MR) is 150 cm³/mol. The summed E-state index contributed by atoms with van der Waals surface area (Å²) >= 11 is 0. The van der Waals surface area contributed by atoms with Crippen LogP contribution in [-0.2, 0) is 38.7 Å². The van der Waals surface area contributed by atoms with Crippen LogP contribution in [0.25, 0.3) is 0 Å². The first-order valence-corrected chi connectivity index (χ1v) is 13.0. The molecule has 3 aromatic carbocycles. The molecule has 0 saturated heterocycles. The number of nitrogens with two attached hydrogens (primary N) is 1. The molecular weight excluding hydrogens is 529 g/mol. The van der Waals surface area contributed by atoms with Crippen LogP contribution in [0, 0.1) is 18.2 Å². The van der Waals surface area contributed by atoms with Gasteiger partial charge in [0.2, 0.25) is 0 Å². The minimum absolute atomic E-state index is 0.000694. The monoisotopic (exact) mass is 561 g/mol. The first-order chi connectivity index (χ1) is 19.6. The number of fused-ring (bicyclic) bond motifs is 1. The SMILES string of the molecule is CCO[C@](OC(C)=O)(C(=O)NCc1ccc(C(=N)N)cc1NCc1ccccc1F)N1Cc2cccc(C)c2C1=O. The number of nitrogens with one attached hydrogen (secondary N) is 3. The van der Waals surface area contributed by atoms with Crippen molar-refractivity contribution in [1.82, 2.24) is 10.2 Å². The number of hydrogen-bond acceptors (Lipinski definition) is 7. The van der Waals surface area contributed by atoms with E-state index in [1.54, 1.807) is 68.4 Å². The maximum Gasteiger partial charge on any atom is 0.383 e. The standard InChI is InChI=1S/C30H32FN5O5/c1-4-40-30(41-19(3)37,36-17-23-10-7-8-18(2)26(23)28(36)38)29(39)35-16-22-13-12-20(27(32)33)14-25(22)34-15-21-9-5-6-11-24(21)31/h5-14,34H,4,15-17H2,1-3H3,(H3,32,33)(H,35,39)/t30-/m0/s1. The molecule has 4 rings (SSSR count). The summed E-state index contributed by atoms with van der Waals surface area (Å²) in [5.74, 6) is -5.07. The van der Waals surface area contributed by atoms with Gasteiger partial charge >= 0.3 is 17.8 Å². The number of hydrogen-bond donors (Lipinski definition) is 4. The van der Waals surface area contributed by atoms with Gasteiger partial charge in [0.05, 0.1) is 13.2 Å². The summed E-state index contributed by atoms with van der Waals surface area (Å²) < 4.78 is 25.5. The summed E-state index contributed by atoms with van der Waals surface area (Å²) in [6.07, 6.45) is 0. The van der Waals surface area contributed by atoms with Gasteiger partial charge < -0.3 is 25.8 Å². The molecule has 0 aliphatic carbocycles. The van der Waals surface area contributed by atoms with E-state index in [0.717, 1.165) is 17.4 Å². The number of amides is 2. The van der Waals surface area contributed by atoms with Gasteiger partial charge in [-0.2, -0.15) is 0 Å². The number of benzene rings is 3. The molecule has 10 nitrogen and oxygen atoms in total. The normalized spacial score (nSPS) is 13.8. The second-order valence-corrected chi connectivity index (χ2v) is 9.52. The number of carbonyl (C=O) groups is 3. The van der Waals surface area contributed by atoms with Crippen LogP contribution in [0.1, 0.15) is 52.0 Å². The Kier molecular flexibility index (Phi) is 8.68. The summed E-state index contributed by atoms with van der Waals surface area (Å²) in [5, 5.41) is 13.7. The summed E-state index contributed by atoms with van der Waals surface area (Å²) in [4.78, 5) is 40.7. The third-order valence-electron chi connectivity index (χ3n) is 6.70. The molecule has 1 aliphatic heterocycles. The second-order valence-electron chi connectivity index (χ2n) is 9.52. The summed E-state index contributed by atoms with van der Waals surface area (Å²) in [6.45, 7) is 4.55. The molecule has 0 spiro atoms. The van der Waals surface area contributed by atoms with Gasteiger partial charge in [-0.05, 0) is 42.7 Å². The van der Waals surface area contributed by atoms with E-state index in [9.17, 15) is 18.8 Å². The average Bonchev–Trinajstić information content (AvgIpc) is 3.28. The Morgan fingerprint density at radius 3 is 2.51 bits per heavy atom. The Morgan fingerprint density at radius 1 is 1.10 bits per heavy atom. The molecule has 2 amide bonds. The van der Waals surface area contributed by atoms with Crippen molar-refractivity contribution in [1.29, 1.82) is 5.41 Å². The Hall–Kier alpha value is -4.77. The molecule has 214 valence electrons. The predicted octanol–water partition coefficient (Wildman–Crippen LogP) is 3.56. The molecule has 41 heavy (non-hydrogen) atoms. The number of aryl methyl sites for hydroxylation is 1. The molecule has 0 fully saturated rings. The van der Waals surface area contributed by atoms with Crippen molar-refractivity contribution >= 4 is 29.3 Å². The molecule has 3 aromatic rings. The van der Waals surface area contributed by atoms with Gasteiger partial charge in [0.15, 0.2) is 0 Å². The van der Waals surface area contributed by atoms with Crippen LogP contribution in [0.3, 0.4) is 0 Å². The van der Waals surface area contributed by atoms with Gasteiger partial charge in [0, 0.05) is 42.4 Å². The van der Waals surface area contributed by atoms with Gasteiger partial charge in [-0.3, -0.25) is 24.7 Å². The lowest BCUT2D eigenvalue weighted by Gasteiger charge is -2.37.